The molecule has 0 bridgehead atoms. The molecule has 1 aliphatic rings. The van der Waals surface area contributed by atoms with Crippen molar-refractivity contribution in [1.29, 1.82) is 0 Å². The van der Waals surface area contributed by atoms with Crippen LogP contribution < -0.4 is 15.0 Å². The summed E-state index contributed by atoms with van der Waals surface area (Å²) in [6.45, 7) is 2.23. The number of phenolic OH excluding ortho intramolecular Hbond substituents is 1. The molecule has 2 N–H and O–H groups in total. The van der Waals surface area contributed by atoms with Gasteiger partial charge in [0.25, 0.3) is 5.91 Å². The summed E-state index contributed by atoms with van der Waals surface area (Å²) >= 11 is 0. The molecule has 0 radical (unpaired) electrons. The monoisotopic (exact) mass is 326 g/mol. The summed E-state index contributed by atoms with van der Waals surface area (Å²) in [5.74, 6) is 0.985. The van der Waals surface area contributed by atoms with Gasteiger partial charge in [0.2, 0.25) is 0 Å². The standard InChI is InChI=1S/C19H22N2O3/c1-13(3-4-14-5-8-16(22)9-6-14)20-15-7-10-18-17(11-15)21(2)19(23)12-24-18/h5-11,13,20,22H,3-4,12H2,1-2H3. The van der Waals surface area contributed by atoms with Gasteiger partial charge < -0.3 is 20.1 Å². The Morgan fingerprint density at radius 3 is 2.75 bits per heavy atom. The van der Waals surface area contributed by atoms with E-state index < -0.39 is 0 Å². The van der Waals surface area contributed by atoms with Crippen molar-refractivity contribution >= 4 is 17.3 Å². The van der Waals surface area contributed by atoms with Gasteiger partial charge >= 0.3 is 0 Å². The Kier molecular flexibility index (Phi) is 4.60. The van der Waals surface area contributed by atoms with Gasteiger partial charge in [-0.15, -0.1) is 0 Å². The summed E-state index contributed by atoms with van der Waals surface area (Å²) in [4.78, 5) is 13.4. The Hall–Kier alpha value is -2.69. The second kappa shape index (κ2) is 6.83. The molecule has 1 amide bonds. The summed E-state index contributed by atoms with van der Waals surface area (Å²) in [5.41, 5.74) is 2.96. The van der Waals surface area contributed by atoms with Crippen LogP contribution in [0, 0.1) is 0 Å². The van der Waals surface area contributed by atoms with Crippen LogP contribution in [0.4, 0.5) is 11.4 Å². The number of ether oxygens (including phenoxy) is 1. The van der Waals surface area contributed by atoms with Crippen LogP contribution in [0.15, 0.2) is 42.5 Å². The molecule has 0 fully saturated rings. The fraction of sp³-hybridized carbons (Fsp3) is 0.316. The van der Waals surface area contributed by atoms with Gasteiger partial charge in [-0.25, -0.2) is 0 Å². The molecular formula is C19H22N2O3. The van der Waals surface area contributed by atoms with E-state index in [4.69, 9.17) is 4.74 Å². The van der Waals surface area contributed by atoms with Crippen molar-refractivity contribution in [2.45, 2.75) is 25.8 Å². The maximum absolute atomic E-state index is 11.7. The van der Waals surface area contributed by atoms with Crippen LogP contribution in [0.1, 0.15) is 18.9 Å². The van der Waals surface area contributed by atoms with Gasteiger partial charge in [0.05, 0.1) is 5.69 Å². The molecule has 0 aromatic heterocycles. The second-order valence-corrected chi connectivity index (χ2v) is 6.17. The van der Waals surface area contributed by atoms with Gasteiger partial charge in [0, 0.05) is 18.8 Å². The van der Waals surface area contributed by atoms with Crippen molar-refractivity contribution < 1.29 is 14.6 Å². The molecule has 126 valence electrons. The minimum Gasteiger partial charge on any atom is -0.508 e. The molecule has 3 rings (SSSR count). The predicted octanol–water partition coefficient (Wildman–Crippen LogP) is 3.18. The topological polar surface area (TPSA) is 61.8 Å². The third-order valence-electron chi connectivity index (χ3n) is 4.26. The van der Waals surface area contributed by atoms with Crippen molar-refractivity contribution in [2.24, 2.45) is 0 Å². The lowest BCUT2D eigenvalue weighted by molar-refractivity contribution is -0.120. The summed E-state index contributed by atoms with van der Waals surface area (Å²) in [6, 6.07) is 13.4. The Morgan fingerprint density at radius 1 is 1.25 bits per heavy atom. The first-order valence-corrected chi connectivity index (χ1v) is 8.11. The second-order valence-electron chi connectivity index (χ2n) is 6.17. The van der Waals surface area contributed by atoms with E-state index in [-0.39, 0.29) is 18.6 Å². The average molecular weight is 326 g/mol. The smallest absolute Gasteiger partial charge is 0.264 e. The van der Waals surface area contributed by atoms with Crippen LogP contribution in [0.25, 0.3) is 0 Å². The molecule has 1 atom stereocenters. The quantitative estimate of drug-likeness (QED) is 0.886. The first-order valence-electron chi connectivity index (χ1n) is 8.11. The Labute approximate surface area is 141 Å². The first-order chi connectivity index (χ1) is 11.5. The minimum absolute atomic E-state index is 0.0416. The van der Waals surface area contributed by atoms with E-state index in [1.54, 1.807) is 24.1 Å². The molecule has 0 saturated carbocycles. The van der Waals surface area contributed by atoms with Gasteiger partial charge in [0.1, 0.15) is 11.5 Å². The first kappa shape index (κ1) is 16.2. The highest BCUT2D eigenvalue weighted by atomic mass is 16.5. The number of benzene rings is 2. The highest BCUT2D eigenvalue weighted by Gasteiger charge is 2.22. The lowest BCUT2D eigenvalue weighted by Gasteiger charge is -2.27. The van der Waals surface area contributed by atoms with E-state index in [1.165, 1.54) is 5.56 Å². The van der Waals surface area contributed by atoms with Gasteiger partial charge in [-0.05, 0) is 55.7 Å². The number of amides is 1. The number of aromatic hydroxyl groups is 1. The Balaban J connectivity index is 1.61. The van der Waals surface area contributed by atoms with Crippen LogP contribution in [0.3, 0.4) is 0 Å². The molecule has 1 aliphatic heterocycles. The Morgan fingerprint density at radius 2 is 2.00 bits per heavy atom. The number of hydrogen-bond donors (Lipinski definition) is 2. The zero-order valence-electron chi connectivity index (χ0n) is 14.0. The summed E-state index contributed by atoms with van der Waals surface area (Å²) in [7, 11) is 1.77. The lowest BCUT2D eigenvalue weighted by Crippen LogP contribution is -2.35. The molecule has 1 heterocycles. The summed E-state index contributed by atoms with van der Waals surface area (Å²) in [6.07, 6.45) is 1.90. The largest absolute Gasteiger partial charge is 0.508 e. The van der Waals surface area contributed by atoms with Crippen molar-refractivity contribution in [3.8, 4) is 11.5 Å². The number of carbonyl (C=O) groups excluding carboxylic acids is 1. The third-order valence-corrected chi connectivity index (χ3v) is 4.26. The molecule has 0 saturated heterocycles. The van der Waals surface area contributed by atoms with Crippen molar-refractivity contribution in [3.05, 3.63) is 48.0 Å². The molecule has 2 aromatic rings. The van der Waals surface area contributed by atoms with E-state index in [0.29, 0.717) is 5.75 Å². The number of hydrogen-bond acceptors (Lipinski definition) is 4. The molecule has 24 heavy (non-hydrogen) atoms. The molecular weight excluding hydrogens is 304 g/mol. The number of anilines is 2. The number of aryl methyl sites for hydroxylation is 1. The van der Waals surface area contributed by atoms with E-state index in [0.717, 1.165) is 30.0 Å². The van der Waals surface area contributed by atoms with E-state index in [2.05, 4.69) is 12.2 Å². The van der Waals surface area contributed by atoms with Gasteiger partial charge in [-0.1, -0.05) is 12.1 Å². The minimum atomic E-state index is -0.0416. The molecule has 0 spiro atoms. The highest BCUT2D eigenvalue weighted by Crippen LogP contribution is 2.33. The van der Waals surface area contributed by atoms with Gasteiger partial charge in [-0.2, -0.15) is 0 Å². The van der Waals surface area contributed by atoms with Crippen LogP contribution in [-0.2, 0) is 11.2 Å². The lowest BCUT2D eigenvalue weighted by atomic mass is 10.1. The van der Waals surface area contributed by atoms with E-state index >= 15 is 0 Å². The van der Waals surface area contributed by atoms with Crippen molar-refractivity contribution in [3.63, 3.8) is 0 Å². The number of nitrogens with zero attached hydrogens (tertiary/aromatic N) is 1. The summed E-state index contributed by atoms with van der Waals surface area (Å²) in [5, 5.41) is 12.8. The number of likely N-dealkylation sites (N-methyl/N-ethyl adjacent to an activating group) is 1. The van der Waals surface area contributed by atoms with Crippen LogP contribution in [0.5, 0.6) is 11.5 Å². The van der Waals surface area contributed by atoms with E-state index in [9.17, 15) is 9.90 Å². The molecule has 0 aliphatic carbocycles. The van der Waals surface area contributed by atoms with Crippen molar-refractivity contribution in [1.82, 2.24) is 0 Å². The van der Waals surface area contributed by atoms with E-state index in [1.807, 2.05) is 30.3 Å². The predicted molar refractivity (Wildman–Crippen MR) is 94.9 cm³/mol. The molecule has 5 heteroatoms. The maximum Gasteiger partial charge on any atom is 0.264 e. The number of nitrogens with one attached hydrogen (secondary N) is 1. The number of carbonyl (C=O) groups is 1. The SMILES string of the molecule is CC(CCc1ccc(O)cc1)Nc1ccc2c(c1)N(C)C(=O)CO2. The van der Waals surface area contributed by atoms with Crippen LogP contribution in [0.2, 0.25) is 0 Å². The van der Waals surface area contributed by atoms with Gasteiger partial charge in [-0.3, -0.25) is 4.79 Å². The average Bonchev–Trinajstić information content (AvgIpc) is 2.58. The normalized spacial score (nSPS) is 14.8. The Bertz CT molecular complexity index is 728. The number of fused-ring (bicyclic) bond motifs is 1. The number of phenols is 1. The third kappa shape index (κ3) is 3.62. The zero-order chi connectivity index (χ0) is 17.1. The molecule has 1 unspecified atom stereocenters. The van der Waals surface area contributed by atoms with Crippen LogP contribution in [-0.4, -0.2) is 30.7 Å². The fourth-order valence-corrected chi connectivity index (χ4v) is 2.76. The zero-order valence-corrected chi connectivity index (χ0v) is 14.0. The van der Waals surface area contributed by atoms with Crippen LogP contribution >= 0.6 is 0 Å². The summed E-state index contributed by atoms with van der Waals surface area (Å²) < 4.78 is 5.44. The van der Waals surface area contributed by atoms with Gasteiger partial charge in [0.15, 0.2) is 6.61 Å². The van der Waals surface area contributed by atoms with Crippen molar-refractivity contribution in [2.75, 3.05) is 23.9 Å². The molecule has 2 aromatic carbocycles. The fourth-order valence-electron chi connectivity index (χ4n) is 2.76. The maximum atomic E-state index is 11.7. The number of rotatable bonds is 5. The molecule has 5 nitrogen and oxygen atoms in total. The highest BCUT2D eigenvalue weighted by molar-refractivity contribution is 5.97.